The summed E-state index contributed by atoms with van der Waals surface area (Å²) in [4.78, 5) is 12.9. The van der Waals surface area contributed by atoms with Crippen molar-refractivity contribution in [2.75, 3.05) is 17.5 Å². The van der Waals surface area contributed by atoms with Crippen LogP contribution in [0.4, 0.5) is 5.69 Å². The van der Waals surface area contributed by atoms with Crippen LogP contribution in [0, 0.1) is 0 Å². The maximum absolute atomic E-state index is 13.5. The molecule has 206 valence electrons. The Hall–Kier alpha value is -4.34. The summed E-state index contributed by atoms with van der Waals surface area (Å²) in [5.74, 6) is 0.387. The van der Waals surface area contributed by atoms with Gasteiger partial charge in [0.2, 0.25) is 0 Å². The fraction of sp³-hybridized carbons (Fsp3) is 0.133. The van der Waals surface area contributed by atoms with Gasteiger partial charge in [-0.25, -0.2) is 13.8 Å². The molecule has 0 saturated heterocycles. The van der Waals surface area contributed by atoms with Gasteiger partial charge in [-0.15, -0.1) is 0 Å². The molecule has 0 fully saturated rings. The molecule has 0 bridgehead atoms. The van der Waals surface area contributed by atoms with Crippen LogP contribution in [0.5, 0.6) is 11.5 Å². The molecule has 4 rings (SSSR count). The van der Waals surface area contributed by atoms with E-state index in [1.807, 2.05) is 18.2 Å². The fourth-order valence-corrected chi connectivity index (χ4v) is 5.41. The van der Waals surface area contributed by atoms with E-state index >= 15 is 0 Å². The molecule has 0 radical (unpaired) electrons. The summed E-state index contributed by atoms with van der Waals surface area (Å²) < 4.78 is 39.5. The number of amides is 1. The SMILES string of the molecule is CCOc1ccccc1N(CC(=O)N/N=C/c1ccc(OCc2cccc(Cl)c2)cc1)S(=O)(=O)c1ccccc1. The van der Waals surface area contributed by atoms with Crippen molar-refractivity contribution in [2.45, 2.75) is 18.4 Å². The summed E-state index contributed by atoms with van der Waals surface area (Å²) in [7, 11) is -4.08. The van der Waals surface area contributed by atoms with Crippen LogP contribution in [0.2, 0.25) is 5.02 Å². The first-order valence-electron chi connectivity index (χ1n) is 12.5. The summed E-state index contributed by atoms with van der Waals surface area (Å²) in [6.45, 7) is 2.00. The van der Waals surface area contributed by atoms with E-state index in [2.05, 4.69) is 10.5 Å². The molecule has 8 nitrogen and oxygen atoms in total. The maximum atomic E-state index is 13.5. The summed E-state index contributed by atoms with van der Waals surface area (Å²) in [6, 6.07) is 29.2. The Bertz CT molecular complexity index is 1560. The number of rotatable bonds is 12. The summed E-state index contributed by atoms with van der Waals surface area (Å²) in [5, 5.41) is 4.65. The van der Waals surface area contributed by atoms with Crippen molar-refractivity contribution in [3.8, 4) is 11.5 Å². The molecule has 10 heteroatoms. The first-order chi connectivity index (χ1) is 19.4. The third-order valence-corrected chi connectivity index (χ3v) is 7.64. The fourth-order valence-electron chi connectivity index (χ4n) is 3.75. The predicted octanol–water partition coefficient (Wildman–Crippen LogP) is 5.66. The molecule has 1 N–H and O–H groups in total. The largest absolute Gasteiger partial charge is 0.492 e. The first-order valence-corrected chi connectivity index (χ1v) is 14.3. The molecule has 0 saturated carbocycles. The highest BCUT2D eigenvalue weighted by molar-refractivity contribution is 7.92. The van der Waals surface area contributed by atoms with Crippen molar-refractivity contribution in [3.05, 3.63) is 119 Å². The van der Waals surface area contributed by atoms with Crippen molar-refractivity contribution in [1.29, 1.82) is 0 Å². The number of hydrogen-bond acceptors (Lipinski definition) is 6. The Kier molecular flexibility index (Phi) is 9.77. The van der Waals surface area contributed by atoms with E-state index in [-0.39, 0.29) is 10.6 Å². The normalized spacial score (nSPS) is 11.2. The van der Waals surface area contributed by atoms with Gasteiger partial charge in [-0.05, 0) is 78.7 Å². The zero-order valence-electron chi connectivity index (χ0n) is 21.7. The van der Waals surface area contributed by atoms with Crippen molar-refractivity contribution in [3.63, 3.8) is 0 Å². The predicted molar refractivity (Wildman–Crippen MR) is 157 cm³/mol. The molecular formula is C30H28ClN3O5S. The van der Waals surface area contributed by atoms with Gasteiger partial charge in [-0.3, -0.25) is 9.10 Å². The van der Waals surface area contributed by atoms with Gasteiger partial charge in [0, 0.05) is 5.02 Å². The number of anilines is 1. The Morgan fingerprint density at radius 2 is 1.65 bits per heavy atom. The van der Waals surface area contributed by atoms with Crippen LogP contribution in [-0.4, -0.2) is 33.7 Å². The standard InChI is InChI=1S/C30H28ClN3O5S/c1-2-38-29-14-7-6-13-28(29)34(40(36,37)27-11-4-3-5-12-27)21-30(35)33-32-20-23-15-17-26(18-16-23)39-22-24-9-8-10-25(31)19-24/h3-20H,2,21-22H2,1H3,(H,33,35)/b32-20+. The average Bonchev–Trinajstić information content (AvgIpc) is 2.96. The molecule has 40 heavy (non-hydrogen) atoms. The maximum Gasteiger partial charge on any atom is 0.264 e. The number of sulfonamides is 1. The second-order valence-corrected chi connectivity index (χ2v) is 10.8. The minimum Gasteiger partial charge on any atom is -0.492 e. The van der Waals surface area contributed by atoms with Gasteiger partial charge < -0.3 is 9.47 Å². The van der Waals surface area contributed by atoms with Crippen LogP contribution >= 0.6 is 11.6 Å². The van der Waals surface area contributed by atoms with E-state index in [0.717, 1.165) is 9.87 Å². The molecule has 0 atom stereocenters. The summed E-state index contributed by atoms with van der Waals surface area (Å²) >= 11 is 6.01. The number of nitrogens with zero attached hydrogens (tertiary/aromatic N) is 2. The monoisotopic (exact) mass is 577 g/mol. The third kappa shape index (κ3) is 7.62. The van der Waals surface area contributed by atoms with E-state index in [1.54, 1.807) is 79.7 Å². The van der Waals surface area contributed by atoms with Gasteiger partial charge in [0.1, 0.15) is 24.7 Å². The number of carbonyl (C=O) groups is 1. The highest BCUT2D eigenvalue weighted by atomic mass is 35.5. The lowest BCUT2D eigenvalue weighted by Gasteiger charge is -2.25. The van der Waals surface area contributed by atoms with Crippen LogP contribution < -0.4 is 19.2 Å². The van der Waals surface area contributed by atoms with E-state index in [4.69, 9.17) is 21.1 Å². The average molecular weight is 578 g/mol. The Morgan fingerprint density at radius 3 is 2.38 bits per heavy atom. The van der Waals surface area contributed by atoms with Crippen molar-refractivity contribution in [1.82, 2.24) is 5.43 Å². The lowest BCUT2D eigenvalue weighted by atomic mass is 10.2. The minimum atomic E-state index is -4.08. The van der Waals surface area contributed by atoms with Gasteiger partial charge in [0.15, 0.2) is 0 Å². The van der Waals surface area contributed by atoms with Crippen molar-refractivity contribution < 1.29 is 22.7 Å². The van der Waals surface area contributed by atoms with E-state index in [0.29, 0.717) is 35.3 Å². The number of halogens is 1. The number of carbonyl (C=O) groups excluding carboxylic acids is 1. The molecule has 0 heterocycles. The lowest BCUT2D eigenvalue weighted by Crippen LogP contribution is -2.39. The molecule has 0 aromatic heterocycles. The summed E-state index contributed by atoms with van der Waals surface area (Å²) in [6.07, 6.45) is 1.46. The Labute approximate surface area is 238 Å². The molecule has 0 aliphatic heterocycles. The smallest absolute Gasteiger partial charge is 0.264 e. The second-order valence-electron chi connectivity index (χ2n) is 8.51. The molecule has 1 amide bonds. The second kappa shape index (κ2) is 13.6. The van der Waals surface area contributed by atoms with Crippen molar-refractivity contribution >= 4 is 39.4 Å². The van der Waals surface area contributed by atoms with Crippen LogP contribution in [0.15, 0.2) is 113 Å². The molecule has 4 aromatic rings. The highest BCUT2D eigenvalue weighted by Gasteiger charge is 2.29. The molecule has 0 unspecified atom stereocenters. The van der Waals surface area contributed by atoms with Crippen molar-refractivity contribution in [2.24, 2.45) is 5.10 Å². The molecule has 0 aliphatic carbocycles. The number of ether oxygens (including phenoxy) is 2. The summed E-state index contributed by atoms with van der Waals surface area (Å²) in [5.41, 5.74) is 4.33. The van der Waals surface area contributed by atoms with Gasteiger partial charge in [-0.1, -0.05) is 54.1 Å². The van der Waals surface area contributed by atoms with Gasteiger partial charge in [-0.2, -0.15) is 5.10 Å². The van der Waals surface area contributed by atoms with Gasteiger partial charge in [0.05, 0.1) is 23.4 Å². The van der Waals surface area contributed by atoms with E-state index in [9.17, 15) is 13.2 Å². The lowest BCUT2D eigenvalue weighted by molar-refractivity contribution is -0.119. The third-order valence-electron chi connectivity index (χ3n) is 5.63. The highest BCUT2D eigenvalue weighted by Crippen LogP contribution is 2.32. The number of benzene rings is 4. The van der Waals surface area contributed by atoms with Gasteiger partial charge in [0.25, 0.3) is 15.9 Å². The molecular weight excluding hydrogens is 550 g/mol. The molecule has 0 spiro atoms. The van der Waals surface area contributed by atoms with Gasteiger partial charge >= 0.3 is 0 Å². The van der Waals surface area contributed by atoms with E-state index in [1.165, 1.54) is 18.3 Å². The minimum absolute atomic E-state index is 0.0512. The van der Waals surface area contributed by atoms with Crippen LogP contribution in [0.1, 0.15) is 18.1 Å². The van der Waals surface area contributed by atoms with Crippen LogP contribution in [0.25, 0.3) is 0 Å². The zero-order chi connectivity index (χ0) is 28.4. The first kappa shape index (κ1) is 28.7. The number of hydrazone groups is 1. The quantitative estimate of drug-likeness (QED) is 0.173. The topological polar surface area (TPSA) is 97.3 Å². The number of nitrogens with one attached hydrogen (secondary N) is 1. The molecule has 0 aliphatic rings. The number of hydrogen-bond donors (Lipinski definition) is 1. The zero-order valence-corrected chi connectivity index (χ0v) is 23.3. The molecule has 4 aromatic carbocycles. The Balaban J connectivity index is 1.43. The van der Waals surface area contributed by atoms with Crippen LogP contribution in [-0.2, 0) is 21.4 Å². The van der Waals surface area contributed by atoms with E-state index < -0.39 is 22.5 Å². The number of para-hydroxylation sites is 2. The van der Waals surface area contributed by atoms with Crippen LogP contribution in [0.3, 0.4) is 0 Å². The Morgan fingerprint density at radius 1 is 0.925 bits per heavy atom.